The normalized spacial score (nSPS) is 12.3. The first-order valence-electron chi connectivity index (χ1n) is 3.99. The zero-order valence-corrected chi connectivity index (χ0v) is 7.42. The molecule has 0 atom stereocenters. The molecule has 7 heteroatoms. The number of aliphatic hydroxyl groups is 3. The lowest BCUT2D eigenvalue weighted by molar-refractivity contribution is -0.326. The number of fused-ring (bicyclic) bond motifs is 1. The maximum Gasteiger partial charge on any atom is 0.323 e. The summed E-state index contributed by atoms with van der Waals surface area (Å²) in [7, 11) is 0. The highest BCUT2D eigenvalue weighted by molar-refractivity contribution is 5.49. The van der Waals surface area contributed by atoms with Crippen molar-refractivity contribution in [2.24, 2.45) is 0 Å². The smallest absolute Gasteiger partial charge is 0.323 e. The molecule has 2 rings (SSSR count). The molecule has 2 aromatic heterocycles. The number of nitrogens with two attached hydrogens (primary N) is 1. The van der Waals surface area contributed by atoms with Crippen molar-refractivity contribution in [2.75, 3.05) is 5.73 Å². The third kappa shape index (κ3) is 1.63. The topological polar surface area (TPSA) is 104 Å². The summed E-state index contributed by atoms with van der Waals surface area (Å²) in [4.78, 5) is 3.51. The summed E-state index contributed by atoms with van der Waals surface area (Å²) in [5, 5.41) is 26.5. The van der Waals surface area contributed by atoms with Crippen LogP contribution >= 0.6 is 0 Å². The van der Waals surface area contributed by atoms with E-state index in [4.69, 9.17) is 21.1 Å². The van der Waals surface area contributed by atoms with Gasteiger partial charge in [-0.15, -0.1) is 0 Å². The van der Waals surface area contributed by atoms with E-state index in [1.807, 2.05) is 0 Å². The van der Waals surface area contributed by atoms with Crippen molar-refractivity contribution >= 4 is 11.3 Å². The summed E-state index contributed by atoms with van der Waals surface area (Å²) in [5.74, 6) is -3.81. The van der Waals surface area contributed by atoms with Crippen molar-refractivity contribution in [1.82, 2.24) is 9.38 Å². The quantitative estimate of drug-likeness (QED) is 0.461. The standard InChI is InChI=1S/C8H8FN3O3/c9-5-1-4(10)2-12-3-6(8(13,14)15)11-7(5)12/h1-3,13-15H,10H2. The van der Waals surface area contributed by atoms with Gasteiger partial charge >= 0.3 is 5.97 Å². The van der Waals surface area contributed by atoms with E-state index in [-0.39, 0.29) is 11.3 Å². The number of halogens is 1. The highest BCUT2D eigenvalue weighted by Crippen LogP contribution is 2.18. The van der Waals surface area contributed by atoms with Crippen LogP contribution in [-0.4, -0.2) is 24.7 Å². The molecular weight excluding hydrogens is 205 g/mol. The van der Waals surface area contributed by atoms with Gasteiger partial charge in [0.1, 0.15) is 5.69 Å². The number of rotatable bonds is 1. The number of nitrogen functional groups attached to an aromatic ring is 1. The fraction of sp³-hybridized carbons (Fsp3) is 0.125. The van der Waals surface area contributed by atoms with Crippen molar-refractivity contribution in [2.45, 2.75) is 5.97 Å². The van der Waals surface area contributed by atoms with Crippen LogP contribution in [0.4, 0.5) is 10.1 Å². The summed E-state index contributed by atoms with van der Waals surface area (Å²) < 4.78 is 14.4. The predicted molar refractivity (Wildman–Crippen MR) is 47.9 cm³/mol. The van der Waals surface area contributed by atoms with Gasteiger partial charge in [-0.3, -0.25) is 0 Å². The zero-order chi connectivity index (χ0) is 11.2. The highest BCUT2D eigenvalue weighted by atomic mass is 19.1. The van der Waals surface area contributed by atoms with Gasteiger partial charge in [-0.2, -0.15) is 0 Å². The van der Waals surface area contributed by atoms with Crippen molar-refractivity contribution in [3.8, 4) is 0 Å². The van der Waals surface area contributed by atoms with Crippen LogP contribution < -0.4 is 5.73 Å². The van der Waals surface area contributed by atoms with Crippen LogP contribution in [0.2, 0.25) is 0 Å². The van der Waals surface area contributed by atoms with Crippen LogP contribution in [0.5, 0.6) is 0 Å². The van der Waals surface area contributed by atoms with Crippen LogP contribution in [0.3, 0.4) is 0 Å². The predicted octanol–water partition coefficient (Wildman–Crippen LogP) is -0.857. The lowest BCUT2D eigenvalue weighted by atomic mass is 10.4. The minimum absolute atomic E-state index is 0.152. The molecule has 0 saturated carbocycles. The Morgan fingerprint density at radius 1 is 1.33 bits per heavy atom. The first-order chi connectivity index (χ1) is 6.88. The summed E-state index contributed by atoms with van der Waals surface area (Å²) in [6.45, 7) is 0. The molecule has 6 nitrogen and oxygen atoms in total. The maximum atomic E-state index is 13.2. The fourth-order valence-corrected chi connectivity index (χ4v) is 1.24. The van der Waals surface area contributed by atoms with E-state index in [1.54, 1.807) is 0 Å². The highest BCUT2D eigenvalue weighted by Gasteiger charge is 2.26. The number of imidazole rings is 1. The van der Waals surface area contributed by atoms with Gasteiger partial charge in [-0.1, -0.05) is 0 Å². The number of pyridine rings is 1. The van der Waals surface area contributed by atoms with Crippen molar-refractivity contribution < 1.29 is 19.7 Å². The van der Waals surface area contributed by atoms with Crippen LogP contribution in [0.25, 0.3) is 5.65 Å². The van der Waals surface area contributed by atoms with E-state index < -0.39 is 17.5 Å². The molecule has 0 spiro atoms. The lowest BCUT2D eigenvalue weighted by Crippen LogP contribution is -2.24. The summed E-state index contributed by atoms with van der Waals surface area (Å²) >= 11 is 0. The molecule has 0 amide bonds. The van der Waals surface area contributed by atoms with E-state index in [0.717, 1.165) is 16.7 Å². The molecule has 80 valence electrons. The summed E-state index contributed by atoms with van der Waals surface area (Å²) in [6, 6.07) is 1.04. The molecule has 0 aliphatic rings. The Hall–Kier alpha value is -1.70. The zero-order valence-electron chi connectivity index (χ0n) is 7.42. The Morgan fingerprint density at radius 2 is 2.00 bits per heavy atom. The first kappa shape index (κ1) is 9.84. The van der Waals surface area contributed by atoms with E-state index in [9.17, 15) is 4.39 Å². The van der Waals surface area contributed by atoms with E-state index in [1.165, 1.54) is 6.20 Å². The number of anilines is 1. The van der Waals surface area contributed by atoms with Gasteiger partial charge in [0.15, 0.2) is 11.5 Å². The Labute approximate surface area is 83.0 Å². The molecule has 0 unspecified atom stereocenters. The van der Waals surface area contributed by atoms with E-state index >= 15 is 0 Å². The second kappa shape index (κ2) is 2.89. The second-order valence-electron chi connectivity index (χ2n) is 3.11. The molecule has 2 aromatic rings. The van der Waals surface area contributed by atoms with Crippen LogP contribution in [-0.2, 0) is 5.97 Å². The Morgan fingerprint density at radius 3 is 2.60 bits per heavy atom. The molecule has 0 aliphatic carbocycles. The molecule has 0 saturated heterocycles. The van der Waals surface area contributed by atoms with Gasteiger partial charge in [0.05, 0.1) is 5.69 Å². The number of hydrogen-bond acceptors (Lipinski definition) is 5. The van der Waals surface area contributed by atoms with Crippen LogP contribution in [0.15, 0.2) is 18.5 Å². The molecule has 5 N–H and O–H groups in total. The maximum absolute atomic E-state index is 13.2. The summed E-state index contributed by atoms with van der Waals surface area (Å²) in [5.41, 5.74) is 4.89. The van der Waals surface area contributed by atoms with Crippen molar-refractivity contribution in [3.63, 3.8) is 0 Å². The monoisotopic (exact) mass is 213 g/mol. The molecule has 0 aromatic carbocycles. The van der Waals surface area contributed by atoms with Gasteiger partial charge < -0.3 is 25.5 Å². The SMILES string of the molecule is Nc1cc(F)c2nc(C(O)(O)O)cn2c1. The minimum Gasteiger partial charge on any atom is -0.397 e. The van der Waals surface area contributed by atoms with Crippen LogP contribution in [0.1, 0.15) is 5.69 Å². The molecule has 2 heterocycles. The largest absolute Gasteiger partial charge is 0.397 e. The van der Waals surface area contributed by atoms with Gasteiger partial charge in [0, 0.05) is 18.5 Å². The minimum atomic E-state index is -3.09. The Bertz CT molecular complexity index is 518. The van der Waals surface area contributed by atoms with E-state index in [2.05, 4.69) is 4.98 Å². The number of hydrogen-bond donors (Lipinski definition) is 4. The third-order valence-corrected chi connectivity index (χ3v) is 1.87. The lowest BCUT2D eigenvalue weighted by Gasteiger charge is -2.08. The van der Waals surface area contributed by atoms with Crippen molar-refractivity contribution in [3.05, 3.63) is 30.0 Å². The first-order valence-corrected chi connectivity index (χ1v) is 3.99. The Kier molecular flexibility index (Phi) is 1.90. The third-order valence-electron chi connectivity index (χ3n) is 1.87. The van der Waals surface area contributed by atoms with Crippen LogP contribution in [0, 0.1) is 5.82 Å². The van der Waals surface area contributed by atoms with Crippen molar-refractivity contribution in [1.29, 1.82) is 0 Å². The molecular formula is C8H8FN3O3. The molecule has 0 aliphatic heterocycles. The number of nitrogens with zero attached hydrogens (tertiary/aromatic N) is 2. The average molecular weight is 213 g/mol. The van der Waals surface area contributed by atoms with Gasteiger partial charge in [-0.25, -0.2) is 9.37 Å². The van der Waals surface area contributed by atoms with E-state index in [0.29, 0.717) is 0 Å². The number of aromatic nitrogens is 2. The molecule has 0 fully saturated rings. The second-order valence-corrected chi connectivity index (χ2v) is 3.11. The molecule has 15 heavy (non-hydrogen) atoms. The van der Waals surface area contributed by atoms with Gasteiger partial charge in [0.2, 0.25) is 0 Å². The van der Waals surface area contributed by atoms with Gasteiger partial charge in [-0.05, 0) is 0 Å². The average Bonchev–Trinajstić information content (AvgIpc) is 2.46. The fourth-order valence-electron chi connectivity index (χ4n) is 1.24. The molecule has 0 bridgehead atoms. The Balaban J connectivity index is 2.71. The molecule has 0 radical (unpaired) electrons. The summed E-state index contributed by atoms with van der Waals surface area (Å²) in [6.07, 6.45) is 2.40. The van der Waals surface area contributed by atoms with Gasteiger partial charge in [0.25, 0.3) is 0 Å².